The van der Waals surface area contributed by atoms with E-state index in [1.807, 2.05) is 28.4 Å². The van der Waals surface area contributed by atoms with Gasteiger partial charge in [0.1, 0.15) is 65.4 Å². The number of hydrogen-bond acceptors (Lipinski definition) is 27. The number of anilines is 5. The molecule has 5 aromatic heterocycles. The van der Waals surface area contributed by atoms with Crippen LogP contribution in [0.25, 0.3) is 43.6 Å². The average Bonchev–Trinajstić information content (AvgIpc) is 1.65. The van der Waals surface area contributed by atoms with Crippen molar-refractivity contribution in [2.75, 3.05) is 117 Å². The third-order valence-electron chi connectivity index (χ3n) is 23.4. The zero-order valence-corrected chi connectivity index (χ0v) is 77.1. The van der Waals surface area contributed by atoms with Gasteiger partial charge in [-0.25, -0.2) is 63.7 Å². The Hall–Kier alpha value is -9.82. The molecule has 3 amide bonds. The van der Waals surface area contributed by atoms with Gasteiger partial charge in [-0.15, -0.1) is 20.8 Å². The maximum absolute atomic E-state index is 12.9. The summed E-state index contributed by atoms with van der Waals surface area (Å²) < 4.78 is 100.0. The van der Waals surface area contributed by atoms with Crippen LogP contribution < -0.4 is 53.3 Å². The normalized spacial score (nSPS) is 21.3. The summed E-state index contributed by atoms with van der Waals surface area (Å²) >= 11 is 0. The highest BCUT2D eigenvalue weighted by molar-refractivity contribution is 7.88. The number of piperidine rings is 4. The molecule has 8 saturated heterocycles. The second-order valence-corrected chi connectivity index (χ2v) is 41.7. The number of nitrogens with one attached hydrogen (secondary N) is 5. The molecule has 33 nitrogen and oxygen atoms in total. The van der Waals surface area contributed by atoms with Crippen molar-refractivity contribution in [1.29, 1.82) is 0 Å². The van der Waals surface area contributed by atoms with Crippen molar-refractivity contribution in [3.63, 3.8) is 0 Å². The Morgan fingerprint density at radius 1 is 0.423 bits per heavy atom. The number of nitrogens with zero attached hydrogens (tertiary/aromatic N) is 16. The Balaban J connectivity index is 0.000000142. The Kier molecular flexibility index (Phi) is 27.6. The number of pyridine rings is 1. The number of fused-ring (bicyclic) bond motifs is 12. The van der Waals surface area contributed by atoms with Gasteiger partial charge in [0, 0.05) is 150 Å². The van der Waals surface area contributed by atoms with E-state index in [9.17, 15) is 39.6 Å². The summed E-state index contributed by atoms with van der Waals surface area (Å²) in [4.78, 5) is 82.6. The summed E-state index contributed by atoms with van der Waals surface area (Å²) in [5.74, 6) is 5.74. The van der Waals surface area contributed by atoms with Crippen molar-refractivity contribution in [2.24, 2.45) is 23.7 Å². The summed E-state index contributed by atoms with van der Waals surface area (Å²) in [5, 5.41) is 11.5. The van der Waals surface area contributed by atoms with Crippen LogP contribution in [-0.4, -0.2) is 226 Å². The van der Waals surface area contributed by atoms with Crippen LogP contribution in [0.5, 0.6) is 0 Å². The molecule has 8 bridgehead atoms. The lowest BCUT2D eigenvalue weighted by atomic mass is 9.99. The average molecular weight is 1770 g/mol. The van der Waals surface area contributed by atoms with E-state index in [4.69, 9.17) is 14.2 Å². The third-order valence-corrected chi connectivity index (χ3v) is 27.5. The van der Waals surface area contributed by atoms with Crippen molar-refractivity contribution in [1.82, 2.24) is 73.3 Å². The largest absolute Gasteiger partial charge is 0.474 e. The number of amides is 3. The minimum Gasteiger partial charge on any atom is -0.443 e. The van der Waals surface area contributed by atoms with Crippen LogP contribution in [0.4, 0.5) is 43.3 Å². The highest BCUT2D eigenvalue weighted by atomic mass is 35.5. The SMILES string of the molecule is CN(C)c1cc[n+](S(=O)(=O)NC(=O)OC(C)(C)C)cc1.Cc1cc2ncnc(N3CC4CC(C3)N(S(=O)(=O)NC(=O)OC(C)(C)C)C4)c2cc1C.Cc1cc2ncnc(N3CC4CC3CN(S(=O)(=O)NC(=O)OC(C)(C)C)C4)c2cc1C.Cc1cc2ncnc(N3CC4CNC(C4)C3)c2cc1C.Cc1cc2ncnc(N3CC4CNCC3C4)c2cc1C.Cl. The zero-order valence-electron chi connectivity index (χ0n) is 73.9. The lowest BCUT2D eigenvalue weighted by molar-refractivity contribution is -0.512. The van der Waals surface area contributed by atoms with Crippen LogP contribution in [-0.2, 0) is 44.8 Å². The molecule has 4 aromatic carbocycles. The number of hydrogen-bond donors (Lipinski definition) is 5. The molecular weight excluding hydrogens is 1650 g/mol. The molecule has 664 valence electrons. The van der Waals surface area contributed by atoms with Gasteiger partial charge in [-0.1, -0.05) is 3.97 Å². The van der Waals surface area contributed by atoms with Crippen molar-refractivity contribution in [2.45, 2.75) is 184 Å². The molecule has 8 aliphatic rings. The molecule has 5 N–H and O–H groups in total. The first-order chi connectivity index (χ1) is 57.3. The van der Waals surface area contributed by atoms with Gasteiger partial charge in [0.05, 0.1) is 22.1 Å². The van der Waals surface area contributed by atoms with Crippen LogP contribution in [0.2, 0.25) is 0 Å². The first-order valence-electron chi connectivity index (χ1n) is 41.6. The van der Waals surface area contributed by atoms with E-state index in [1.165, 1.54) is 78.0 Å². The molecule has 13 heterocycles. The molecule has 0 aliphatic carbocycles. The van der Waals surface area contributed by atoms with Crippen molar-refractivity contribution < 1.29 is 57.8 Å². The van der Waals surface area contributed by atoms with Gasteiger partial charge in [-0.2, -0.15) is 30.2 Å². The lowest BCUT2D eigenvalue weighted by Crippen LogP contribution is -2.52. The fraction of sp³-hybridized carbons (Fsp3) is 0.535. The number of aromatic nitrogens is 9. The predicted molar refractivity (Wildman–Crippen MR) is 480 cm³/mol. The molecule has 0 saturated carbocycles. The predicted octanol–water partition coefficient (Wildman–Crippen LogP) is 10.2. The second-order valence-electron chi connectivity index (χ2n) is 36.8. The summed E-state index contributed by atoms with van der Waals surface area (Å²) in [6.07, 6.45) is 10.6. The lowest BCUT2D eigenvalue weighted by Gasteiger charge is -2.34. The van der Waals surface area contributed by atoms with Gasteiger partial charge < -0.3 is 49.3 Å². The van der Waals surface area contributed by atoms with E-state index in [2.05, 4.69) is 179 Å². The van der Waals surface area contributed by atoms with Crippen LogP contribution in [0.3, 0.4) is 0 Å². The zero-order chi connectivity index (χ0) is 88.0. The summed E-state index contributed by atoms with van der Waals surface area (Å²) in [6.45, 7) is 41.5. The van der Waals surface area contributed by atoms with Gasteiger partial charge in [0.15, 0.2) is 12.4 Å². The maximum atomic E-state index is 12.9. The van der Waals surface area contributed by atoms with Gasteiger partial charge in [-0.3, -0.25) is 0 Å². The second kappa shape index (κ2) is 36.8. The highest BCUT2D eigenvalue weighted by Gasteiger charge is 2.47. The van der Waals surface area contributed by atoms with Gasteiger partial charge in [0.25, 0.3) is 0 Å². The number of aryl methyl sites for hydroxylation is 8. The molecule has 8 unspecified atom stereocenters. The first kappa shape index (κ1) is 92.4. The van der Waals surface area contributed by atoms with Crippen LogP contribution >= 0.6 is 12.4 Å². The van der Waals surface area contributed by atoms with Crippen LogP contribution in [0.1, 0.15) is 133 Å². The highest BCUT2D eigenvalue weighted by Crippen LogP contribution is 2.41. The molecule has 9 aromatic rings. The maximum Gasteiger partial charge on any atom is 0.474 e. The quantitative estimate of drug-likeness (QED) is 0.0593. The van der Waals surface area contributed by atoms with E-state index >= 15 is 0 Å². The monoisotopic (exact) mass is 1770 g/mol. The van der Waals surface area contributed by atoms with E-state index < -0.39 is 65.7 Å². The molecule has 8 atom stereocenters. The number of rotatable bonds is 11. The van der Waals surface area contributed by atoms with Crippen molar-refractivity contribution in [3.05, 3.63) is 143 Å². The summed E-state index contributed by atoms with van der Waals surface area (Å²) in [5.41, 5.74) is 12.3. The molecule has 8 fully saturated rings. The standard InChI is InChI=1S/2C21H29N5O4S.2C16H20N4.C12H19N3O4S.ClH/c1-13-6-17-18(7-14(13)2)22-12-23-19(17)26-10-15-8-16(26)11-25(9-15)31(28,29)24-20(27)30-21(3,4)5;1-13-6-17-18(7-14(13)2)22-12-23-19(17)25-9-15-8-16(11-25)26(10-15)31(28,29)24-20(27)30-21(3,4)5;1-10-3-14-15(4-11(10)2)18-9-19-16(14)20-8-12-5-13(20)7-17-6-12;1-10-3-14-15(4-11(10)2)18-9-19-16(14)20-7-12-5-13(8-20)17-6-12;1-12(2,3)19-11(16)13-20(17,18)15-8-6-10(7-9-15)14(4)5;/h2*6-7,12,15-16H,8-11H2,1-5H3,(H,24,27);2*3-4,9,12-13,17H,5-8H2,1-2H3;6-9H,1-5H3;1H/p+1. The Morgan fingerprint density at radius 3 is 1.26 bits per heavy atom. The number of ether oxygens (including phenoxy) is 3. The minimum absolute atomic E-state index is 0. The number of carbonyl (C=O) groups excluding carboxylic acids is 3. The molecule has 0 spiro atoms. The number of carbonyl (C=O) groups is 3. The van der Waals surface area contributed by atoms with Crippen molar-refractivity contribution >= 4 is 134 Å². The molecule has 0 radical (unpaired) electrons. The molecule has 37 heteroatoms. The first-order valence-corrected chi connectivity index (χ1v) is 45.9. The van der Waals surface area contributed by atoms with Crippen LogP contribution in [0, 0.1) is 79.1 Å². The Morgan fingerprint density at radius 2 is 0.805 bits per heavy atom. The minimum atomic E-state index is -4.00. The van der Waals surface area contributed by atoms with Gasteiger partial charge in [0.2, 0.25) is 0 Å². The van der Waals surface area contributed by atoms with E-state index in [-0.39, 0.29) is 42.9 Å². The Bertz CT molecular complexity index is 5770. The van der Waals surface area contributed by atoms with Gasteiger partial charge >= 0.3 is 48.9 Å². The molecular formula is C86H119ClN21O12S3+. The number of benzene rings is 4. The fourth-order valence-electron chi connectivity index (χ4n) is 17.3. The molecule has 123 heavy (non-hydrogen) atoms. The van der Waals surface area contributed by atoms with E-state index in [0.717, 1.165) is 141 Å². The van der Waals surface area contributed by atoms with Crippen LogP contribution in [0.15, 0.2) is 98.4 Å². The van der Waals surface area contributed by atoms with E-state index in [1.54, 1.807) is 99.8 Å². The molecule has 17 rings (SSSR count). The topological polar surface area (TPSA) is 371 Å². The fourth-order valence-corrected chi connectivity index (χ4v) is 20.5. The molecule has 8 aliphatic heterocycles. The Labute approximate surface area is 728 Å². The summed E-state index contributed by atoms with van der Waals surface area (Å²) in [6, 6.07) is 21.3. The summed E-state index contributed by atoms with van der Waals surface area (Å²) in [7, 11) is -8.31. The number of halogens is 1. The smallest absolute Gasteiger partial charge is 0.443 e. The van der Waals surface area contributed by atoms with Crippen molar-refractivity contribution in [3.8, 4) is 0 Å². The van der Waals surface area contributed by atoms with Gasteiger partial charge in [-0.05, 0) is 267 Å². The third kappa shape index (κ3) is 22.3. The van der Waals surface area contributed by atoms with E-state index in [0.29, 0.717) is 44.8 Å².